The smallest absolute Gasteiger partial charge is 0.309 e. The Balaban J connectivity index is 1.86. The van der Waals surface area contributed by atoms with Crippen LogP contribution < -0.4 is 0 Å². The van der Waals surface area contributed by atoms with Gasteiger partial charge < -0.3 is 34.3 Å². The SMILES string of the molecule is CCOC(=O)C1CCC2(O)C3CCC4(O)CC(OC(C)=O)CC(O)C4(COC(C)=O)C3[C@H](OC(C)=O)CC12C. The van der Waals surface area contributed by atoms with Gasteiger partial charge in [0.05, 0.1) is 35.2 Å². The molecule has 0 aliphatic heterocycles. The molecular weight excluding hydrogens is 512 g/mol. The van der Waals surface area contributed by atoms with Gasteiger partial charge in [0.15, 0.2) is 0 Å². The summed E-state index contributed by atoms with van der Waals surface area (Å²) >= 11 is 0. The Morgan fingerprint density at radius 1 is 0.897 bits per heavy atom. The average Bonchev–Trinajstić information content (AvgIpc) is 3.08. The molecular formula is C28H42O11. The molecule has 9 unspecified atom stereocenters. The van der Waals surface area contributed by atoms with Crippen LogP contribution in [0.5, 0.6) is 0 Å². The van der Waals surface area contributed by atoms with E-state index in [9.17, 15) is 34.5 Å². The third-order valence-electron chi connectivity index (χ3n) is 10.4. The Bertz CT molecular complexity index is 1010. The van der Waals surface area contributed by atoms with E-state index in [1.165, 1.54) is 20.8 Å². The van der Waals surface area contributed by atoms with Crippen molar-refractivity contribution in [3.63, 3.8) is 0 Å². The highest BCUT2D eigenvalue weighted by atomic mass is 16.6. The third-order valence-corrected chi connectivity index (χ3v) is 10.4. The number of ether oxygens (including phenoxy) is 4. The molecule has 220 valence electrons. The van der Waals surface area contributed by atoms with Gasteiger partial charge in [-0.3, -0.25) is 19.2 Å². The van der Waals surface area contributed by atoms with E-state index in [0.29, 0.717) is 12.8 Å². The lowest BCUT2D eigenvalue weighted by Crippen LogP contribution is -2.76. The number of rotatable bonds is 6. The van der Waals surface area contributed by atoms with Gasteiger partial charge in [0.2, 0.25) is 0 Å². The second-order valence-corrected chi connectivity index (χ2v) is 12.2. The average molecular weight is 555 g/mol. The summed E-state index contributed by atoms with van der Waals surface area (Å²) in [5.74, 6) is -4.21. The number of fused-ring (bicyclic) bond motifs is 5. The van der Waals surface area contributed by atoms with Crippen LogP contribution in [0.25, 0.3) is 0 Å². The first-order chi connectivity index (χ1) is 18.1. The molecule has 4 rings (SSSR count). The van der Waals surface area contributed by atoms with Crippen molar-refractivity contribution in [2.45, 2.75) is 109 Å². The van der Waals surface area contributed by atoms with Crippen LogP contribution >= 0.6 is 0 Å². The van der Waals surface area contributed by atoms with Crippen LogP contribution in [-0.4, -0.2) is 81.9 Å². The van der Waals surface area contributed by atoms with Crippen LogP contribution in [-0.2, 0) is 38.1 Å². The highest BCUT2D eigenvalue weighted by molar-refractivity contribution is 5.74. The van der Waals surface area contributed by atoms with E-state index in [0.717, 1.165) is 0 Å². The molecule has 4 aliphatic rings. The van der Waals surface area contributed by atoms with Crippen molar-refractivity contribution in [3.05, 3.63) is 0 Å². The van der Waals surface area contributed by atoms with Gasteiger partial charge in [-0.25, -0.2) is 0 Å². The molecule has 4 fully saturated rings. The number of carbonyl (C=O) groups excluding carboxylic acids is 4. The summed E-state index contributed by atoms with van der Waals surface area (Å²) in [6.07, 6.45) is -1.88. The van der Waals surface area contributed by atoms with Crippen molar-refractivity contribution >= 4 is 23.9 Å². The lowest BCUT2D eigenvalue weighted by molar-refractivity contribution is -0.319. The van der Waals surface area contributed by atoms with Gasteiger partial charge in [0.25, 0.3) is 0 Å². The summed E-state index contributed by atoms with van der Waals surface area (Å²) in [6, 6.07) is 0. The normalized spacial score (nSPS) is 44.7. The number of esters is 4. The number of carbonyl (C=O) groups is 4. The van der Waals surface area contributed by atoms with Gasteiger partial charge >= 0.3 is 23.9 Å². The van der Waals surface area contributed by atoms with Crippen molar-refractivity contribution in [1.29, 1.82) is 0 Å². The van der Waals surface area contributed by atoms with Gasteiger partial charge in [-0.2, -0.15) is 0 Å². The first-order valence-electron chi connectivity index (χ1n) is 13.9. The van der Waals surface area contributed by atoms with Crippen LogP contribution in [0.4, 0.5) is 0 Å². The highest BCUT2D eigenvalue weighted by Crippen LogP contribution is 2.70. The first kappa shape index (κ1) is 29.7. The molecule has 10 atom stereocenters. The van der Waals surface area contributed by atoms with E-state index in [2.05, 4.69) is 0 Å². The molecule has 0 aromatic carbocycles. The Hall–Kier alpha value is -2.24. The molecule has 39 heavy (non-hydrogen) atoms. The molecule has 0 amide bonds. The quantitative estimate of drug-likeness (QED) is 0.321. The van der Waals surface area contributed by atoms with Crippen LogP contribution in [0.2, 0.25) is 0 Å². The molecule has 0 spiro atoms. The third kappa shape index (κ3) is 4.54. The lowest BCUT2D eigenvalue weighted by atomic mass is 9.40. The summed E-state index contributed by atoms with van der Waals surface area (Å²) in [5.41, 5.74) is -5.60. The van der Waals surface area contributed by atoms with Gasteiger partial charge in [0.1, 0.15) is 18.8 Å². The van der Waals surface area contributed by atoms with Crippen LogP contribution in [0, 0.1) is 28.6 Å². The maximum absolute atomic E-state index is 13.0. The Labute approximate surface area is 228 Å². The number of aliphatic hydroxyl groups is 3. The zero-order chi connectivity index (χ0) is 29.0. The number of hydrogen-bond acceptors (Lipinski definition) is 11. The fourth-order valence-corrected chi connectivity index (χ4v) is 8.91. The summed E-state index contributed by atoms with van der Waals surface area (Å²) < 4.78 is 22.1. The van der Waals surface area contributed by atoms with Crippen molar-refractivity contribution < 1.29 is 53.4 Å². The lowest BCUT2D eigenvalue weighted by Gasteiger charge is -2.68. The van der Waals surface area contributed by atoms with Crippen LogP contribution in [0.3, 0.4) is 0 Å². The van der Waals surface area contributed by atoms with Crippen molar-refractivity contribution in [3.8, 4) is 0 Å². The van der Waals surface area contributed by atoms with Crippen LogP contribution in [0.15, 0.2) is 0 Å². The van der Waals surface area contributed by atoms with Gasteiger partial charge in [-0.1, -0.05) is 6.92 Å². The maximum atomic E-state index is 13.0. The molecule has 0 saturated heterocycles. The topological polar surface area (TPSA) is 166 Å². The molecule has 4 saturated carbocycles. The molecule has 0 radical (unpaired) electrons. The summed E-state index contributed by atoms with van der Waals surface area (Å²) in [6.45, 7) is 7.09. The molecule has 11 heteroatoms. The van der Waals surface area contributed by atoms with Gasteiger partial charge in [0, 0.05) is 44.9 Å². The summed E-state index contributed by atoms with van der Waals surface area (Å²) in [5, 5.41) is 36.5. The summed E-state index contributed by atoms with van der Waals surface area (Å²) in [7, 11) is 0. The fourth-order valence-electron chi connectivity index (χ4n) is 8.91. The second kappa shape index (κ2) is 10.3. The van der Waals surface area contributed by atoms with E-state index in [1.807, 2.05) is 6.92 Å². The molecule has 11 nitrogen and oxygen atoms in total. The van der Waals surface area contributed by atoms with E-state index in [1.54, 1.807) is 6.92 Å². The minimum atomic E-state index is -1.66. The highest BCUT2D eigenvalue weighted by Gasteiger charge is 2.77. The predicted octanol–water partition coefficient (Wildman–Crippen LogP) is 1.43. The monoisotopic (exact) mass is 554 g/mol. The molecule has 0 bridgehead atoms. The Morgan fingerprint density at radius 3 is 2.15 bits per heavy atom. The first-order valence-corrected chi connectivity index (χ1v) is 13.9. The molecule has 0 heterocycles. The second-order valence-electron chi connectivity index (χ2n) is 12.2. The van der Waals surface area contributed by atoms with E-state index in [4.69, 9.17) is 18.9 Å². The van der Waals surface area contributed by atoms with Crippen molar-refractivity contribution in [1.82, 2.24) is 0 Å². The zero-order valence-electron chi connectivity index (χ0n) is 23.4. The van der Waals surface area contributed by atoms with E-state index in [-0.39, 0.29) is 45.3 Å². The molecule has 3 N–H and O–H groups in total. The Kier molecular flexibility index (Phi) is 7.86. The minimum Gasteiger partial charge on any atom is -0.466 e. The van der Waals surface area contributed by atoms with Gasteiger partial charge in [-0.15, -0.1) is 0 Å². The Morgan fingerprint density at radius 2 is 1.56 bits per heavy atom. The maximum Gasteiger partial charge on any atom is 0.309 e. The molecule has 0 aromatic rings. The number of hydrogen-bond donors (Lipinski definition) is 3. The van der Waals surface area contributed by atoms with Crippen molar-refractivity contribution in [2.24, 2.45) is 28.6 Å². The number of aliphatic hydroxyl groups excluding tert-OH is 1. The van der Waals surface area contributed by atoms with E-state index >= 15 is 0 Å². The largest absolute Gasteiger partial charge is 0.466 e. The predicted molar refractivity (Wildman–Crippen MR) is 134 cm³/mol. The van der Waals surface area contributed by atoms with Crippen LogP contribution in [0.1, 0.15) is 79.6 Å². The minimum absolute atomic E-state index is 0.0118. The fraction of sp³-hybridized carbons (Fsp3) is 0.857. The molecule has 4 aliphatic carbocycles. The molecule has 0 aromatic heterocycles. The summed E-state index contributed by atoms with van der Waals surface area (Å²) in [4.78, 5) is 49.2. The zero-order valence-corrected chi connectivity index (χ0v) is 23.4. The van der Waals surface area contributed by atoms with E-state index < -0.39 is 82.0 Å². The standard InChI is InChI=1S/C28H42O11/c1-6-36-24(33)20-8-10-28(35)19-7-9-26(34)12-18(38-16(3)30)11-22(32)27(26,14-37-15(2)29)23(19)21(39-17(4)31)13-25(20,28)5/h18-23,32,34-35H,6-14H2,1-5H3/t18?,19?,20?,21-,22?,23?,25?,26?,27?,28?/m1/s1. The van der Waals surface area contributed by atoms with Gasteiger partial charge in [-0.05, 0) is 44.9 Å². The van der Waals surface area contributed by atoms with Crippen molar-refractivity contribution in [2.75, 3.05) is 13.2 Å².